The zero-order valence-electron chi connectivity index (χ0n) is 15.3. The third-order valence-corrected chi connectivity index (χ3v) is 4.49. The van der Waals surface area contributed by atoms with Crippen LogP contribution in [-0.2, 0) is 9.53 Å². The highest BCUT2D eigenvalue weighted by Crippen LogP contribution is 2.27. The minimum Gasteiger partial charge on any atom is -0.456 e. The number of rotatable bonds is 6. The Labute approximate surface area is 160 Å². The van der Waals surface area contributed by atoms with Crippen molar-refractivity contribution < 1.29 is 28.3 Å². The summed E-state index contributed by atoms with van der Waals surface area (Å²) in [6.07, 6.45) is 0. The Morgan fingerprint density at radius 2 is 1.50 bits per heavy atom. The first-order valence-electron chi connectivity index (χ1n) is 8.73. The fraction of sp³-hybridized carbons (Fsp3) is 0.238. The van der Waals surface area contributed by atoms with E-state index in [1.54, 1.807) is 26.0 Å². The minimum atomic E-state index is -1.16. The molecule has 6 nitrogen and oxygen atoms in total. The van der Waals surface area contributed by atoms with E-state index in [0.717, 1.165) is 17.0 Å². The summed E-state index contributed by atoms with van der Waals surface area (Å²) in [7, 11) is 0. The van der Waals surface area contributed by atoms with Gasteiger partial charge in [-0.25, -0.2) is 9.18 Å². The van der Waals surface area contributed by atoms with Gasteiger partial charge in [0.15, 0.2) is 12.4 Å². The van der Waals surface area contributed by atoms with E-state index in [-0.39, 0.29) is 16.7 Å². The van der Waals surface area contributed by atoms with Gasteiger partial charge in [-0.05, 0) is 42.3 Å². The molecule has 7 heteroatoms. The van der Waals surface area contributed by atoms with Crippen molar-refractivity contribution in [2.45, 2.75) is 19.9 Å². The molecule has 1 atom stereocenters. The maximum Gasteiger partial charge on any atom is 0.330 e. The lowest BCUT2D eigenvalue weighted by Gasteiger charge is -2.27. The van der Waals surface area contributed by atoms with Crippen molar-refractivity contribution in [2.75, 3.05) is 6.61 Å². The lowest BCUT2D eigenvalue weighted by molar-refractivity contribution is -0.148. The molecule has 144 valence electrons. The molecule has 2 aromatic rings. The fourth-order valence-electron chi connectivity index (χ4n) is 3.08. The summed E-state index contributed by atoms with van der Waals surface area (Å²) in [6, 6.07) is 10.00. The molecule has 1 aliphatic rings. The average molecular weight is 383 g/mol. The van der Waals surface area contributed by atoms with E-state index in [2.05, 4.69) is 0 Å². The number of Topliss-reactive ketones (excluding diaryl/α,β-unsaturated/α-hetero) is 1. The molecule has 28 heavy (non-hydrogen) atoms. The molecule has 0 bridgehead atoms. The van der Waals surface area contributed by atoms with Gasteiger partial charge in [-0.15, -0.1) is 0 Å². The highest BCUT2D eigenvalue weighted by Gasteiger charge is 2.44. The van der Waals surface area contributed by atoms with Crippen LogP contribution in [0.2, 0.25) is 0 Å². The molecule has 2 aromatic carbocycles. The van der Waals surface area contributed by atoms with Gasteiger partial charge in [0.25, 0.3) is 11.8 Å². The number of hydrogen-bond donors (Lipinski definition) is 0. The number of nitrogens with zero attached hydrogens (tertiary/aromatic N) is 1. The van der Waals surface area contributed by atoms with E-state index in [1.165, 1.54) is 24.3 Å². The lowest BCUT2D eigenvalue weighted by Crippen LogP contribution is -2.49. The van der Waals surface area contributed by atoms with E-state index in [9.17, 15) is 23.6 Å². The molecule has 0 radical (unpaired) electrons. The summed E-state index contributed by atoms with van der Waals surface area (Å²) < 4.78 is 18.0. The van der Waals surface area contributed by atoms with Crippen LogP contribution in [0.4, 0.5) is 4.39 Å². The Morgan fingerprint density at radius 1 is 0.964 bits per heavy atom. The Bertz CT molecular complexity index is 917. The Kier molecular flexibility index (Phi) is 5.35. The smallest absolute Gasteiger partial charge is 0.330 e. The van der Waals surface area contributed by atoms with Crippen LogP contribution in [0.3, 0.4) is 0 Å². The van der Waals surface area contributed by atoms with E-state index in [0.29, 0.717) is 0 Å². The molecule has 0 fully saturated rings. The summed E-state index contributed by atoms with van der Waals surface area (Å²) in [4.78, 5) is 50.9. The Balaban J connectivity index is 1.75. The molecular weight excluding hydrogens is 365 g/mol. The van der Waals surface area contributed by atoms with Crippen molar-refractivity contribution in [1.29, 1.82) is 0 Å². The van der Waals surface area contributed by atoms with Gasteiger partial charge in [0, 0.05) is 5.56 Å². The lowest BCUT2D eigenvalue weighted by atomic mass is 10.0. The van der Waals surface area contributed by atoms with Gasteiger partial charge in [0.1, 0.15) is 11.9 Å². The second-order valence-electron chi connectivity index (χ2n) is 6.75. The molecule has 0 aliphatic carbocycles. The molecule has 0 saturated carbocycles. The standard InChI is InChI=1S/C21H18FNO5/c1-12(2)18(23-19(25)15-5-3-4-6-16(15)20(23)26)21(27)28-11-17(24)13-7-9-14(22)10-8-13/h3-10,12,18H,11H2,1-2H3/t18-/m1/s1. The number of hydrogen-bond acceptors (Lipinski definition) is 5. The van der Waals surface area contributed by atoms with Gasteiger partial charge < -0.3 is 4.74 Å². The van der Waals surface area contributed by atoms with Crippen LogP contribution in [0.5, 0.6) is 0 Å². The molecule has 1 aliphatic heterocycles. The third kappa shape index (κ3) is 3.55. The molecule has 0 N–H and O–H groups in total. The van der Waals surface area contributed by atoms with E-state index >= 15 is 0 Å². The first-order valence-corrected chi connectivity index (χ1v) is 8.73. The molecule has 1 heterocycles. The Hall–Kier alpha value is -3.35. The second kappa shape index (κ2) is 7.72. The van der Waals surface area contributed by atoms with Crippen molar-refractivity contribution >= 4 is 23.6 Å². The zero-order valence-corrected chi connectivity index (χ0v) is 15.3. The predicted molar refractivity (Wildman–Crippen MR) is 97.3 cm³/mol. The van der Waals surface area contributed by atoms with Crippen molar-refractivity contribution in [3.8, 4) is 0 Å². The average Bonchev–Trinajstić information content (AvgIpc) is 2.92. The zero-order chi connectivity index (χ0) is 20.4. The molecule has 0 spiro atoms. The van der Waals surface area contributed by atoms with Crippen molar-refractivity contribution in [3.05, 3.63) is 71.0 Å². The number of ketones is 1. The first-order chi connectivity index (χ1) is 13.3. The van der Waals surface area contributed by atoms with Crippen molar-refractivity contribution in [2.24, 2.45) is 5.92 Å². The molecule has 3 rings (SSSR count). The summed E-state index contributed by atoms with van der Waals surface area (Å²) in [5, 5.41) is 0. The van der Waals surface area contributed by atoms with E-state index < -0.39 is 48.0 Å². The first kappa shape index (κ1) is 19.4. The van der Waals surface area contributed by atoms with Crippen molar-refractivity contribution in [1.82, 2.24) is 4.90 Å². The number of benzene rings is 2. The molecule has 0 aromatic heterocycles. The summed E-state index contributed by atoms with van der Waals surface area (Å²) in [5.41, 5.74) is 0.651. The van der Waals surface area contributed by atoms with E-state index in [4.69, 9.17) is 4.74 Å². The van der Waals surface area contributed by atoms with Crippen LogP contribution in [0, 0.1) is 11.7 Å². The van der Waals surface area contributed by atoms with Crippen LogP contribution in [-0.4, -0.2) is 41.1 Å². The molecular formula is C21H18FNO5. The van der Waals surface area contributed by atoms with Crippen LogP contribution in [0.1, 0.15) is 44.9 Å². The van der Waals surface area contributed by atoms with Gasteiger partial charge in [-0.1, -0.05) is 26.0 Å². The van der Waals surface area contributed by atoms with Gasteiger partial charge in [-0.2, -0.15) is 0 Å². The second-order valence-corrected chi connectivity index (χ2v) is 6.75. The largest absolute Gasteiger partial charge is 0.456 e. The number of ether oxygens (including phenoxy) is 1. The topological polar surface area (TPSA) is 80.8 Å². The van der Waals surface area contributed by atoms with Gasteiger partial charge in [0.05, 0.1) is 11.1 Å². The number of carbonyl (C=O) groups is 4. The maximum absolute atomic E-state index is 13.0. The van der Waals surface area contributed by atoms with Crippen LogP contribution in [0.25, 0.3) is 0 Å². The highest BCUT2D eigenvalue weighted by atomic mass is 19.1. The number of halogens is 1. The quantitative estimate of drug-likeness (QED) is 0.435. The summed E-state index contributed by atoms with van der Waals surface area (Å²) in [6.45, 7) is 2.78. The monoisotopic (exact) mass is 383 g/mol. The number of amides is 2. The maximum atomic E-state index is 13.0. The number of carbonyl (C=O) groups excluding carboxylic acids is 4. The number of esters is 1. The normalized spacial score (nSPS) is 14.2. The van der Waals surface area contributed by atoms with Crippen molar-refractivity contribution in [3.63, 3.8) is 0 Å². The van der Waals surface area contributed by atoms with Gasteiger partial charge in [-0.3, -0.25) is 19.3 Å². The van der Waals surface area contributed by atoms with Crippen LogP contribution >= 0.6 is 0 Å². The highest BCUT2D eigenvalue weighted by molar-refractivity contribution is 6.22. The fourth-order valence-corrected chi connectivity index (χ4v) is 3.08. The van der Waals surface area contributed by atoms with Crippen LogP contribution in [0.15, 0.2) is 48.5 Å². The summed E-state index contributed by atoms with van der Waals surface area (Å²) in [5.74, 6) is -3.41. The number of imide groups is 1. The predicted octanol–water partition coefficient (Wildman–Crippen LogP) is 2.87. The van der Waals surface area contributed by atoms with E-state index in [1.807, 2.05) is 0 Å². The third-order valence-electron chi connectivity index (χ3n) is 4.49. The molecule has 0 unspecified atom stereocenters. The SMILES string of the molecule is CC(C)[C@H](C(=O)OCC(=O)c1ccc(F)cc1)N1C(=O)c2ccccc2C1=O. The van der Waals surface area contributed by atoms with Crippen LogP contribution < -0.4 is 0 Å². The molecule has 0 saturated heterocycles. The molecule has 2 amide bonds. The van der Waals surface area contributed by atoms with Gasteiger partial charge in [0.2, 0.25) is 0 Å². The Morgan fingerprint density at radius 3 is 2.00 bits per heavy atom. The minimum absolute atomic E-state index is 0.191. The van der Waals surface area contributed by atoms with Gasteiger partial charge >= 0.3 is 5.97 Å². The summed E-state index contributed by atoms with van der Waals surface area (Å²) >= 11 is 0. The number of fused-ring (bicyclic) bond motifs is 1.